The lowest BCUT2D eigenvalue weighted by molar-refractivity contribution is 0.102. The van der Waals surface area contributed by atoms with E-state index in [1.54, 1.807) is 14.2 Å². The molecule has 1 aromatic rings. The van der Waals surface area contributed by atoms with Crippen molar-refractivity contribution in [2.24, 2.45) is 5.92 Å². The van der Waals surface area contributed by atoms with E-state index >= 15 is 0 Å². The van der Waals surface area contributed by atoms with Crippen LogP contribution in [0.2, 0.25) is 0 Å². The summed E-state index contributed by atoms with van der Waals surface area (Å²) < 4.78 is 16.3. The highest BCUT2D eigenvalue weighted by molar-refractivity contribution is 5.53. The summed E-state index contributed by atoms with van der Waals surface area (Å²) in [5, 5.41) is 13.1. The number of methoxy groups -OCH3 is 2. The first-order chi connectivity index (χ1) is 9.97. The van der Waals surface area contributed by atoms with Crippen molar-refractivity contribution >= 4 is 0 Å². The number of aryl methyl sites for hydroxylation is 1. The van der Waals surface area contributed by atoms with Crippen molar-refractivity contribution in [1.29, 1.82) is 0 Å². The van der Waals surface area contributed by atoms with Gasteiger partial charge in [-0.2, -0.15) is 0 Å². The lowest BCUT2D eigenvalue weighted by atomic mass is 10.2. The van der Waals surface area contributed by atoms with Crippen LogP contribution in [-0.2, 0) is 0 Å². The summed E-state index contributed by atoms with van der Waals surface area (Å²) in [5.41, 5.74) is 1.02. The number of nitrogens with one attached hydrogen (secondary N) is 1. The summed E-state index contributed by atoms with van der Waals surface area (Å²) in [6, 6.07) is 3.75. The topological polar surface area (TPSA) is 60.0 Å². The van der Waals surface area contributed by atoms with Gasteiger partial charge in [0.25, 0.3) is 0 Å². The molecule has 0 aliphatic carbocycles. The van der Waals surface area contributed by atoms with E-state index in [1.165, 1.54) is 0 Å². The van der Waals surface area contributed by atoms with Gasteiger partial charge in [0.05, 0.1) is 14.2 Å². The lowest BCUT2D eigenvalue weighted by Gasteiger charge is -2.18. The molecule has 5 heteroatoms. The number of hydrogen-bond donors (Lipinski definition) is 2. The molecule has 1 rings (SSSR count). The average molecular weight is 297 g/mol. The second-order valence-corrected chi connectivity index (χ2v) is 5.52. The third kappa shape index (κ3) is 5.81. The van der Waals surface area contributed by atoms with Gasteiger partial charge in [0, 0.05) is 6.54 Å². The molecule has 1 aromatic carbocycles. The second kappa shape index (κ2) is 8.74. The van der Waals surface area contributed by atoms with Crippen molar-refractivity contribution in [3.63, 3.8) is 0 Å². The first-order valence-corrected chi connectivity index (χ1v) is 7.22. The van der Waals surface area contributed by atoms with Gasteiger partial charge in [0.2, 0.25) is 5.75 Å². The molecule has 0 aromatic heterocycles. The normalized spacial score (nSPS) is 12.3. The summed E-state index contributed by atoms with van der Waals surface area (Å²) >= 11 is 0. The molecule has 1 unspecified atom stereocenters. The van der Waals surface area contributed by atoms with Gasteiger partial charge in [0.1, 0.15) is 12.7 Å². The van der Waals surface area contributed by atoms with Crippen LogP contribution in [0.5, 0.6) is 17.2 Å². The Morgan fingerprint density at radius 2 is 1.67 bits per heavy atom. The van der Waals surface area contributed by atoms with Crippen molar-refractivity contribution in [3.8, 4) is 17.2 Å². The minimum atomic E-state index is -0.584. The smallest absolute Gasteiger partial charge is 0.203 e. The van der Waals surface area contributed by atoms with Gasteiger partial charge < -0.3 is 24.6 Å². The zero-order valence-electron chi connectivity index (χ0n) is 13.6. The predicted octanol–water partition coefficient (Wildman–Crippen LogP) is 2.00. The van der Waals surface area contributed by atoms with Crippen LogP contribution in [0.4, 0.5) is 0 Å². The van der Waals surface area contributed by atoms with Crippen molar-refractivity contribution in [3.05, 3.63) is 17.7 Å². The summed E-state index contributed by atoms with van der Waals surface area (Å²) in [6.07, 6.45) is -0.584. The standard InChI is InChI=1S/C16H27NO4/c1-11(2)8-17-9-13(18)10-21-16-14(19-4)6-12(3)7-15(16)20-5/h6-7,11,13,17-18H,8-10H2,1-5H3. The molecular formula is C16H27NO4. The third-order valence-electron chi connectivity index (χ3n) is 2.96. The lowest BCUT2D eigenvalue weighted by Crippen LogP contribution is -2.33. The van der Waals surface area contributed by atoms with E-state index in [-0.39, 0.29) is 6.61 Å². The molecule has 2 N–H and O–H groups in total. The third-order valence-corrected chi connectivity index (χ3v) is 2.96. The van der Waals surface area contributed by atoms with Crippen LogP contribution >= 0.6 is 0 Å². The Morgan fingerprint density at radius 3 is 2.14 bits per heavy atom. The molecule has 0 heterocycles. The first-order valence-electron chi connectivity index (χ1n) is 7.22. The molecule has 0 radical (unpaired) electrons. The van der Waals surface area contributed by atoms with Gasteiger partial charge in [-0.25, -0.2) is 0 Å². The van der Waals surface area contributed by atoms with E-state index in [0.29, 0.717) is 29.7 Å². The Labute approximate surface area is 127 Å². The zero-order chi connectivity index (χ0) is 15.8. The van der Waals surface area contributed by atoms with Crippen LogP contribution in [-0.4, -0.2) is 45.1 Å². The molecule has 0 saturated carbocycles. The number of ether oxygens (including phenoxy) is 3. The van der Waals surface area contributed by atoms with Crippen LogP contribution in [0.1, 0.15) is 19.4 Å². The highest BCUT2D eigenvalue weighted by Crippen LogP contribution is 2.38. The molecular weight excluding hydrogens is 270 g/mol. The van der Waals surface area contributed by atoms with E-state index < -0.39 is 6.10 Å². The first kappa shape index (κ1) is 17.6. The Hall–Kier alpha value is -1.46. The molecule has 21 heavy (non-hydrogen) atoms. The number of rotatable bonds is 9. The van der Waals surface area contributed by atoms with Gasteiger partial charge in [-0.15, -0.1) is 0 Å². The minimum absolute atomic E-state index is 0.181. The Balaban J connectivity index is 2.61. The summed E-state index contributed by atoms with van der Waals surface area (Å²) in [4.78, 5) is 0. The highest BCUT2D eigenvalue weighted by atomic mass is 16.5. The van der Waals surface area contributed by atoms with E-state index in [9.17, 15) is 5.11 Å². The maximum atomic E-state index is 9.94. The maximum absolute atomic E-state index is 9.94. The SMILES string of the molecule is COc1cc(C)cc(OC)c1OCC(O)CNCC(C)C. The summed E-state index contributed by atoms with van der Waals surface area (Å²) in [5.74, 6) is 2.28. The van der Waals surface area contributed by atoms with Gasteiger partial charge in [-0.05, 0) is 37.1 Å². The molecule has 120 valence electrons. The molecule has 0 spiro atoms. The fraction of sp³-hybridized carbons (Fsp3) is 0.625. The summed E-state index contributed by atoms with van der Waals surface area (Å²) in [6.45, 7) is 7.75. The van der Waals surface area contributed by atoms with Gasteiger partial charge in [-0.1, -0.05) is 13.8 Å². The fourth-order valence-electron chi connectivity index (χ4n) is 1.93. The maximum Gasteiger partial charge on any atom is 0.203 e. The Bertz CT molecular complexity index is 409. The number of hydrogen-bond acceptors (Lipinski definition) is 5. The largest absolute Gasteiger partial charge is 0.493 e. The average Bonchev–Trinajstić information content (AvgIpc) is 2.44. The predicted molar refractivity (Wildman–Crippen MR) is 83.5 cm³/mol. The highest BCUT2D eigenvalue weighted by Gasteiger charge is 2.15. The molecule has 0 saturated heterocycles. The Kier molecular flexibility index (Phi) is 7.32. The number of aliphatic hydroxyl groups is 1. The van der Waals surface area contributed by atoms with Gasteiger partial charge >= 0.3 is 0 Å². The van der Waals surface area contributed by atoms with Crippen molar-refractivity contribution in [2.45, 2.75) is 26.9 Å². The fourth-order valence-corrected chi connectivity index (χ4v) is 1.93. The zero-order valence-corrected chi connectivity index (χ0v) is 13.6. The van der Waals surface area contributed by atoms with Crippen molar-refractivity contribution < 1.29 is 19.3 Å². The van der Waals surface area contributed by atoms with E-state index in [2.05, 4.69) is 19.2 Å². The van der Waals surface area contributed by atoms with Crippen LogP contribution in [0.25, 0.3) is 0 Å². The van der Waals surface area contributed by atoms with E-state index in [0.717, 1.165) is 12.1 Å². The molecule has 0 aliphatic rings. The van der Waals surface area contributed by atoms with Crippen LogP contribution < -0.4 is 19.5 Å². The summed E-state index contributed by atoms with van der Waals surface area (Å²) in [7, 11) is 3.17. The van der Waals surface area contributed by atoms with Crippen molar-refractivity contribution in [2.75, 3.05) is 33.9 Å². The number of benzene rings is 1. The molecule has 0 amide bonds. The quantitative estimate of drug-likeness (QED) is 0.730. The molecule has 1 atom stereocenters. The van der Waals surface area contributed by atoms with E-state index in [4.69, 9.17) is 14.2 Å². The van der Waals surface area contributed by atoms with Crippen molar-refractivity contribution in [1.82, 2.24) is 5.32 Å². The molecule has 5 nitrogen and oxygen atoms in total. The molecule has 0 bridgehead atoms. The van der Waals surface area contributed by atoms with Crippen LogP contribution in [0.3, 0.4) is 0 Å². The van der Waals surface area contributed by atoms with Gasteiger partial charge in [-0.3, -0.25) is 0 Å². The monoisotopic (exact) mass is 297 g/mol. The minimum Gasteiger partial charge on any atom is -0.493 e. The van der Waals surface area contributed by atoms with Crippen LogP contribution in [0.15, 0.2) is 12.1 Å². The molecule has 0 fully saturated rings. The van der Waals surface area contributed by atoms with Gasteiger partial charge in [0.15, 0.2) is 11.5 Å². The van der Waals surface area contributed by atoms with Crippen LogP contribution in [0, 0.1) is 12.8 Å². The van der Waals surface area contributed by atoms with E-state index in [1.807, 2.05) is 19.1 Å². The molecule has 0 aliphatic heterocycles. The number of aliphatic hydroxyl groups excluding tert-OH is 1. The Morgan fingerprint density at radius 1 is 1.10 bits per heavy atom. The second-order valence-electron chi connectivity index (χ2n) is 5.52.